The first kappa shape index (κ1) is 12.5. The van der Waals surface area contributed by atoms with Gasteiger partial charge in [0.05, 0.1) is 12.6 Å². The van der Waals surface area contributed by atoms with Crippen LogP contribution in [0.1, 0.15) is 27.2 Å². The van der Waals surface area contributed by atoms with E-state index < -0.39 is 6.04 Å². The molecule has 1 rings (SSSR count). The van der Waals surface area contributed by atoms with E-state index in [4.69, 9.17) is 10.5 Å². The molecule has 0 aliphatic carbocycles. The fourth-order valence-corrected chi connectivity index (χ4v) is 1.69. The molecule has 0 bridgehead atoms. The minimum absolute atomic E-state index is 0.0515. The summed E-state index contributed by atoms with van der Waals surface area (Å²) in [6, 6.07) is -0.250. The van der Waals surface area contributed by atoms with E-state index in [-0.39, 0.29) is 17.9 Å². The SMILES string of the molecule is CC(NC(=O)[C@@H](N)C(C)C)C1CCOC1. The first-order valence-electron chi connectivity index (χ1n) is 5.66. The third-order valence-corrected chi connectivity index (χ3v) is 3.06. The zero-order chi connectivity index (χ0) is 11.4. The molecule has 1 heterocycles. The van der Waals surface area contributed by atoms with E-state index in [1.165, 1.54) is 0 Å². The second-order valence-corrected chi connectivity index (χ2v) is 4.69. The van der Waals surface area contributed by atoms with Crippen molar-refractivity contribution >= 4 is 5.91 Å². The lowest BCUT2D eigenvalue weighted by atomic mass is 9.99. The van der Waals surface area contributed by atoms with Crippen LogP contribution >= 0.6 is 0 Å². The standard InChI is InChI=1S/C11H22N2O2/c1-7(2)10(12)11(14)13-8(3)9-4-5-15-6-9/h7-10H,4-6,12H2,1-3H3,(H,13,14)/t8?,9?,10-/m0/s1. The third-order valence-electron chi connectivity index (χ3n) is 3.06. The molecule has 1 aliphatic heterocycles. The highest BCUT2D eigenvalue weighted by atomic mass is 16.5. The Bertz CT molecular complexity index is 213. The van der Waals surface area contributed by atoms with Gasteiger partial charge in [-0.2, -0.15) is 0 Å². The Balaban J connectivity index is 2.36. The molecule has 1 amide bonds. The number of nitrogens with one attached hydrogen (secondary N) is 1. The number of hydrogen-bond donors (Lipinski definition) is 2. The molecular formula is C11H22N2O2. The maximum absolute atomic E-state index is 11.7. The van der Waals surface area contributed by atoms with Crippen LogP contribution in [0.2, 0.25) is 0 Å². The van der Waals surface area contributed by atoms with Crippen LogP contribution in [0.25, 0.3) is 0 Å². The lowest BCUT2D eigenvalue weighted by Crippen LogP contribution is -2.49. The number of ether oxygens (including phenoxy) is 1. The van der Waals surface area contributed by atoms with Gasteiger partial charge in [0.15, 0.2) is 0 Å². The molecular weight excluding hydrogens is 192 g/mol. The maximum Gasteiger partial charge on any atom is 0.237 e. The van der Waals surface area contributed by atoms with Crippen LogP contribution in [-0.4, -0.2) is 31.2 Å². The van der Waals surface area contributed by atoms with Gasteiger partial charge in [-0.15, -0.1) is 0 Å². The largest absolute Gasteiger partial charge is 0.381 e. The van der Waals surface area contributed by atoms with Crippen molar-refractivity contribution in [3.63, 3.8) is 0 Å². The average molecular weight is 214 g/mol. The zero-order valence-electron chi connectivity index (χ0n) is 9.82. The fourth-order valence-electron chi connectivity index (χ4n) is 1.69. The van der Waals surface area contributed by atoms with Crippen molar-refractivity contribution in [1.29, 1.82) is 0 Å². The van der Waals surface area contributed by atoms with Crippen LogP contribution < -0.4 is 11.1 Å². The first-order valence-corrected chi connectivity index (χ1v) is 5.66. The number of hydrogen-bond acceptors (Lipinski definition) is 3. The average Bonchev–Trinajstić information content (AvgIpc) is 2.68. The summed E-state index contributed by atoms with van der Waals surface area (Å²) in [5, 5.41) is 2.96. The van der Waals surface area contributed by atoms with Gasteiger partial charge >= 0.3 is 0 Å². The molecule has 0 radical (unpaired) electrons. The molecule has 88 valence electrons. The first-order chi connectivity index (χ1) is 7.02. The van der Waals surface area contributed by atoms with E-state index in [0.29, 0.717) is 5.92 Å². The summed E-state index contributed by atoms with van der Waals surface area (Å²) in [7, 11) is 0. The Morgan fingerprint density at radius 3 is 2.60 bits per heavy atom. The van der Waals surface area contributed by atoms with Gasteiger partial charge in [-0.3, -0.25) is 4.79 Å². The van der Waals surface area contributed by atoms with Gasteiger partial charge in [0.25, 0.3) is 0 Å². The van der Waals surface area contributed by atoms with Gasteiger partial charge in [-0.1, -0.05) is 13.8 Å². The van der Waals surface area contributed by atoms with Crippen LogP contribution in [0.5, 0.6) is 0 Å². The van der Waals surface area contributed by atoms with E-state index in [0.717, 1.165) is 19.6 Å². The van der Waals surface area contributed by atoms with Crippen LogP contribution in [0.15, 0.2) is 0 Å². The summed E-state index contributed by atoms with van der Waals surface area (Å²) in [5.74, 6) is 0.565. The van der Waals surface area contributed by atoms with Crippen molar-refractivity contribution in [2.24, 2.45) is 17.6 Å². The number of amides is 1. The molecule has 0 aromatic heterocycles. The van der Waals surface area contributed by atoms with Gasteiger partial charge < -0.3 is 15.8 Å². The Hall–Kier alpha value is -0.610. The van der Waals surface area contributed by atoms with Crippen molar-refractivity contribution in [1.82, 2.24) is 5.32 Å². The molecule has 1 aliphatic rings. The summed E-state index contributed by atoms with van der Waals surface area (Å²) in [5.41, 5.74) is 5.76. The lowest BCUT2D eigenvalue weighted by Gasteiger charge is -2.22. The van der Waals surface area contributed by atoms with Crippen LogP contribution in [0, 0.1) is 11.8 Å². The lowest BCUT2D eigenvalue weighted by molar-refractivity contribution is -0.124. The fraction of sp³-hybridized carbons (Fsp3) is 0.909. The molecule has 4 nitrogen and oxygen atoms in total. The van der Waals surface area contributed by atoms with Crippen molar-refractivity contribution in [2.45, 2.75) is 39.3 Å². The highest BCUT2D eigenvalue weighted by molar-refractivity contribution is 5.81. The molecule has 1 fully saturated rings. The Kier molecular flexibility index (Phi) is 4.54. The normalized spacial score (nSPS) is 25.3. The minimum Gasteiger partial charge on any atom is -0.381 e. The monoisotopic (exact) mass is 214 g/mol. The Morgan fingerprint density at radius 1 is 1.47 bits per heavy atom. The quantitative estimate of drug-likeness (QED) is 0.716. The van der Waals surface area contributed by atoms with E-state index in [2.05, 4.69) is 5.32 Å². The topological polar surface area (TPSA) is 64.4 Å². The van der Waals surface area contributed by atoms with Crippen molar-refractivity contribution in [3.8, 4) is 0 Å². The van der Waals surface area contributed by atoms with Crippen LogP contribution in [0.3, 0.4) is 0 Å². The van der Waals surface area contributed by atoms with Crippen LogP contribution in [0.4, 0.5) is 0 Å². The van der Waals surface area contributed by atoms with Crippen molar-refractivity contribution in [3.05, 3.63) is 0 Å². The summed E-state index contributed by atoms with van der Waals surface area (Å²) in [6.07, 6.45) is 1.03. The second-order valence-electron chi connectivity index (χ2n) is 4.69. The van der Waals surface area contributed by atoms with Crippen LogP contribution in [-0.2, 0) is 9.53 Å². The summed E-state index contributed by atoms with van der Waals surface area (Å²) in [4.78, 5) is 11.7. The minimum atomic E-state index is -0.408. The number of carbonyl (C=O) groups excluding carboxylic acids is 1. The third kappa shape index (κ3) is 3.47. The summed E-state index contributed by atoms with van der Waals surface area (Å²) >= 11 is 0. The molecule has 0 spiro atoms. The van der Waals surface area contributed by atoms with Gasteiger partial charge in [-0.05, 0) is 19.3 Å². The molecule has 15 heavy (non-hydrogen) atoms. The molecule has 3 atom stereocenters. The highest BCUT2D eigenvalue weighted by Gasteiger charge is 2.26. The van der Waals surface area contributed by atoms with E-state index in [1.54, 1.807) is 0 Å². The number of carbonyl (C=O) groups is 1. The molecule has 1 saturated heterocycles. The maximum atomic E-state index is 11.7. The molecule has 2 unspecified atom stereocenters. The highest BCUT2D eigenvalue weighted by Crippen LogP contribution is 2.16. The smallest absolute Gasteiger partial charge is 0.237 e. The van der Waals surface area contributed by atoms with Gasteiger partial charge in [0.2, 0.25) is 5.91 Å². The summed E-state index contributed by atoms with van der Waals surface area (Å²) in [6.45, 7) is 7.48. The second kappa shape index (κ2) is 5.47. The molecule has 4 heteroatoms. The molecule has 0 aromatic carbocycles. The van der Waals surface area contributed by atoms with Crippen molar-refractivity contribution in [2.75, 3.05) is 13.2 Å². The summed E-state index contributed by atoms with van der Waals surface area (Å²) < 4.78 is 5.29. The van der Waals surface area contributed by atoms with E-state index in [1.807, 2.05) is 20.8 Å². The van der Waals surface area contributed by atoms with Gasteiger partial charge in [0.1, 0.15) is 0 Å². The molecule has 0 aromatic rings. The van der Waals surface area contributed by atoms with E-state index in [9.17, 15) is 4.79 Å². The number of rotatable bonds is 4. The Labute approximate surface area is 91.5 Å². The van der Waals surface area contributed by atoms with Gasteiger partial charge in [-0.25, -0.2) is 0 Å². The van der Waals surface area contributed by atoms with E-state index >= 15 is 0 Å². The van der Waals surface area contributed by atoms with Crippen molar-refractivity contribution < 1.29 is 9.53 Å². The zero-order valence-corrected chi connectivity index (χ0v) is 9.82. The van der Waals surface area contributed by atoms with Gasteiger partial charge in [0, 0.05) is 18.6 Å². The number of nitrogens with two attached hydrogens (primary N) is 1. The molecule has 0 saturated carbocycles. The predicted molar refractivity (Wildman–Crippen MR) is 59.3 cm³/mol. The predicted octanol–water partition coefficient (Wildman–Crippen LogP) is 0.511. The Morgan fingerprint density at radius 2 is 2.13 bits per heavy atom. The molecule has 3 N–H and O–H groups in total.